The highest BCUT2D eigenvalue weighted by Gasteiger charge is 2.35. The van der Waals surface area contributed by atoms with Crippen molar-refractivity contribution in [2.24, 2.45) is 5.92 Å². The normalized spacial score (nSPS) is 22.6. The molecule has 22 heavy (non-hydrogen) atoms. The highest BCUT2D eigenvalue weighted by Crippen LogP contribution is 2.52. The van der Waals surface area contributed by atoms with Gasteiger partial charge in [0, 0.05) is 10.1 Å². The van der Waals surface area contributed by atoms with E-state index in [9.17, 15) is 0 Å². The van der Waals surface area contributed by atoms with Crippen molar-refractivity contribution in [3.05, 3.63) is 82.9 Å². The van der Waals surface area contributed by atoms with Crippen molar-refractivity contribution in [3.63, 3.8) is 0 Å². The van der Waals surface area contributed by atoms with Crippen LogP contribution in [-0.2, 0) is 6.42 Å². The highest BCUT2D eigenvalue weighted by molar-refractivity contribution is 8.00. The van der Waals surface area contributed by atoms with Crippen molar-refractivity contribution in [2.45, 2.75) is 30.4 Å². The first-order valence-electron chi connectivity index (χ1n) is 7.95. The Morgan fingerprint density at radius 1 is 0.955 bits per heavy atom. The van der Waals surface area contributed by atoms with E-state index >= 15 is 0 Å². The van der Waals surface area contributed by atoms with Crippen LogP contribution >= 0.6 is 11.8 Å². The van der Waals surface area contributed by atoms with E-state index in [0.29, 0.717) is 11.2 Å². The fourth-order valence-electron chi connectivity index (χ4n) is 3.47. The van der Waals surface area contributed by atoms with Crippen LogP contribution < -0.4 is 0 Å². The monoisotopic (exact) mass is 304 g/mol. The number of hydrogen-bond donors (Lipinski definition) is 0. The maximum Gasteiger partial charge on any atom is 0.0413 e. The van der Waals surface area contributed by atoms with Gasteiger partial charge in [-0.2, -0.15) is 0 Å². The second kappa shape index (κ2) is 5.48. The lowest BCUT2D eigenvalue weighted by Gasteiger charge is -2.24. The Morgan fingerprint density at radius 2 is 1.77 bits per heavy atom. The van der Waals surface area contributed by atoms with Gasteiger partial charge in [0.2, 0.25) is 0 Å². The molecule has 1 aliphatic carbocycles. The van der Waals surface area contributed by atoms with E-state index in [4.69, 9.17) is 0 Å². The zero-order valence-corrected chi connectivity index (χ0v) is 13.9. The minimum atomic E-state index is 0.594. The van der Waals surface area contributed by atoms with Gasteiger partial charge in [-0.1, -0.05) is 67.1 Å². The molecule has 0 aromatic heterocycles. The molecule has 0 fully saturated rings. The zero-order valence-electron chi connectivity index (χ0n) is 13.0. The summed E-state index contributed by atoms with van der Waals surface area (Å²) in [5.41, 5.74) is 7.38. The van der Waals surface area contributed by atoms with E-state index in [-0.39, 0.29) is 0 Å². The van der Waals surface area contributed by atoms with Gasteiger partial charge in [-0.15, -0.1) is 11.8 Å². The molecule has 1 aliphatic heterocycles. The summed E-state index contributed by atoms with van der Waals surface area (Å²) in [7, 11) is 0. The Morgan fingerprint density at radius 3 is 2.59 bits per heavy atom. The predicted octanol–water partition coefficient (Wildman–Crippen LogP) is 5.73. The van der Waals surface area contributed by atoms with Gasteiger partial charge in [0.15, 0.2) is 0 Å². The summed E-state index contributed by atoms with van der Waals surface area (Å²) in [5, 5.41) is 0.594. The lowest BCUT2D eigenvalue weighted by atomic mass is 9.84. The number of thioether (sulfide) groups is 1. The number of rotatable bonds is 2. The van der Waals surface area contributed by atoms with E-state index in [2.05, 4.69) is 74.5 Å². The van der Waals surface area contributed by atoms with Gasteiger partial charge in [-0.3, -0.25) is 0 Å². The van der Waals surface area contributed by atoms with Crippen molar-refractivity contribution in [3.8, 4) is 0 Å². The molecular weight excluding hydrogens is 284 g/mol. The smallest absolute Gasteiger partial charge is 0.0413 e. The molecule has 2 aromatic rings. The number of hydrogen-bond acceptors (Lipinski definition) is 1. The average molecular weight is 304 g/mol. The van der Waals surface area contributed by atoms with Crippen LogP contribution in [0.1, 0.15) is 30.5 Å². The van der Waals surface area contributed by atoms with E-state index in [1.165, 1.54) is 32.7 Å². The van der Waals surface area contributed by atoms with Crippen LogP contribution in [0.15, 0.2) is 71.2 Å². The van der Waals surface area contributed by atoms with Crippen LogP contribution in [0.25, 0.3) is 5.57 Å². The molecule has 2 atom stereocenters. The standard InChI is InChI=1S/C21H20S/c1-14-11-12-18-20-17(13-16-7-4-3-5-8-16)9-6-10-19(20)22-21(18)15(14)2/h3-12,15,21H,13H2,1-2H3. The molecule has 0 bridgehead atoms. The van der Waals surface area contributed by atoms with Gasteiger partial charge in [-0.25, -0.2) is 0 Å². The molecule has 0 nitrogen and oxygen atoms in total. The highest BCUT2D eigenvalue weighted by atomic mass is 32.2. The van der Waals surface area contributed by atoms with Crippen molar-refractivity contribution in [2.75, 3.05) is 0 Å². The second-order valence-corrected chi connectivity index (χ2v) is 7.50. The Bertz CT molecular complexity index is 768. The molecule has 0 N–H and O–H groups in total. The molecule has 2 aliphatic rings. The van der Waals surface area contributed by atoms with Crippen LogP contribution in [0.4, 0.5) is 0 Å². The summed E-state index contributed by atoms with van der Waals surface area (Å²) in [6.07, 6.45) is 5.69. The molecule has 0 spiro atoms. The molecule has 110 valence electrons. The van der Waals surface area contributed by atoms with Crippen LogP contribution in [0.5, 0.6) is 0 Å². The van der Waals surface area contributed by atoms with Gasteiger partial charge in [0.1, 0.15) is 0 Å². The van der Waals surface area contributed by atoms with E-state index in [0.717, 1.165) is 6.42 Å². The Hall–Kier alpha value is -1.73. The van der Waals surface area contributed by atoms with E-state index in [1.807, 2.05) is 11.8 Å². The van der Waals surface area contributed by atoms with Crippen molar-refractivity contribution >= 4 is 17.3 Å². The van der Waals surface area contributed by atoms with E-state index in [1.54, 1.807) is 0 Å². The zero-order chi connectivity index (χ0) is 15.1. The lowest BCUT2D eigenvalue weighted by Crippen LogP contribution is -2.16. The fourth-order valence-corrected chi connectivity index (χ4v) is 5.01. The SMILES string of the molecule is CC1=CC=C2c3c(Cc4ccccc4)cccc3SC2C1C. The molecule has 2 aromatic carbocycles. The minimum Gasteiger partial charge on any atom is -0.117 e. The van der Waals surface area contributed by atoms with Crippen LogP contribution in [0.2, 0.25) is 0 Å². The quantitative estimate of drug-likeness (QED) is 0.682. The third-order valence-corrected chi connectivity index (χ3v) is 6.41. The first kappa shape index (κ1) is 13.9. The summed E-state index contributed by atoms with van der Waals surface area (Å²) in [6, 6.07) is 17.6. The predicted molar refractivity (Wildman–Crippen MR) is 96.2 cm³/mol. The Labute approximate surface area is 137 Å². The number of allylic oxidation sites excluding steroid dienone is 3. The Kier molecular flexibility index (Phi) is 3.46. The van der Waals surface area contributed by atoms with Gasteiger partial charge in [0.25, 0.3) is 0 Å². The van der Waals surface area contributed by atoms with Crippen molar-refractivity contribution < 1.29 is 0 Å². The summed E-state index contributed by atoms with van der Waals surface area (Å²) in [6.45, 7) is 4.62. The third kappa shape index (κ3) is 2.24. The van der Waals surface area contributed by atoms with Gasteiger partial charge >= 0.3 is 0 Å². The van der Waals surface area contributed by atoms with Gasteiger partial charge in [0.05, 0.1) is 0 Å². The number of benzene rings is 2. The molecular formula is C21H20S. The van der Waals surface area contributed by atoms with Crippen molar-refractivity contribution in [1.29, 1.82) is 0 Å². The summed E-state index contributed by atoms with van der Waals surface area (Å²) < 4.78 is 0. The maximum atomic E-state index is 2.36. The summed E-state index contributed by atoms with van der Waals surface area (Å²) >= 11 is 2.05. The molecule has 1 heteroatoms. The minimum absolute atomic E-state index is 0.594. The van der Waals surface area contributed by atoms with Crippen LogP contribution in [0.3, 0.4) is 0 Å². The number of fused-ring (bicyclic) bond motifs is 3. The van der Waals surface area contributed by atoms with Crippen molar-refractivity contribution in [1.82, 2.24) is 0 Å². The first-order chi connectivity index (χ1) is 10.7. The van der Waals surface area contributed by atoms with Crippen LogP contribution in [-0.4, -0.2) is 5.25 Å². The Balaban J connectivity index is 1.78. The molecule has 0 radical (unpaired) electrons. The summed E-state index contributed by atoms with van der Waals surface area (Å²) in [5.74, 6) is 0.627. The first-order valence-corrected chi connectivity index (χ1v) is 8.83. The maximum absolute atomic E-state index is 2.36. The second-order valence-electron chi connectivity index (χ2n) is 6.31. The summed E-state index contributed by atoms with van der Waals surface area (Å²) in [4.78, 5) is 1.46. The molecule has 0 amide bonds. The molecule has 1 heterocycles. The topological polar surface area (TPSA) is 0 Å². The lowest BCUT2D eigenvalue weighted by molar-refractivity contribution is 0.715. The molecule has 0 saturated heterocycles. The fraction of sp³-hybridized carbons (Fsp3) is 0.238. The average Bonchev–Trinajstić information content (AvgIpc) is 2.92. The van der Waals surface area contributed by atoms with Gasteiger partial charge < -0.3 is 0 Å². The van der Waals surface area contributed by atoms with Gasteiger partial charge in [-0.05, 0) is 47.6 Å². The molecule has 0 saturated carbocycles. The largest absolute Gasteiger partial charge is 0.117 e. The van der Waals surface area contributed by atoms with Crippen LogP contribution in [0, 0.1) is 5.92 Å². The third-order valence-electron chi connectivity index (χ3n) is 4.90. The molecule has 2 unspecified atom stereocenters. The van der Waals surface area contributed by atoms with E-state index < -0.39 is 0 Å². The molecule has 4 rings (SSSR count).